The summed E-state index contributed by atoms with van der Waals surface area (Å²) in [5.74, 6) is -0.108. The summed E-state index contributed by atoms with van der Waals surface area (Å²) < 4.78 is -0.0419. The van der Waals surface area contributed by atoms with Gasteiger partial charge < -0.3 is 29.8 Å². The van der Waals surface area contributed by atoms with Crippen molar-refractivity contribution in [1.82, 2.24) is 19.6 Å². The number of hydrogen-bond donors (Lipinski definition) is 2. The van der Waals surface area contributed by atoms with Gasteiger partial charge in [0.1, 0.15) is 0 Å². The van der Waals surface area contributed by atoms with Crippen molar-refractivity contribution >= 4 is 86.6 Å². The number of nitrogens with zero attached hydrogens (tertiary/aromatic N) is 4. The average Bonchev–Trinajstić information content (AvgIpc) is 3.58. The molecule has 4 bridgehead atoms. The molecule has 0 radical (unpaired) electrons. The van der Waals surface area contributed by atoms with Crippen molar-refractivity contribution in [3.8, 4) is 0 Å². The average molecular weight is 910 g/mol. The van der Waals surface area contributed by atoms with Crippen LogP contribution in [0.3, 0.4) is 0 Å². The Morgan fingerprint density at radius 1 is 0.544 bits per heavy atom. The summed E-state index contributed by atoms with van der Waals surface area (Å²) in [4.78, 5) is 56.5. The minimum Gasteiger partial charge on any atom is -0.392 e. The zero-order valence-corrected chi connectivity index (χ0v) is 36.8. The number of amides is 4. The van der Waals surface area contributed by atoms with Crippen LogP contribution >= 0.6 is 63.0 Å². The van der Waals surface area contributed by atoms with Gasteiger partial charge in [-0.15, -0.1) is 47.0 Å². The van der Waals surface area contributed by atoms with Gasteiger partial charge in [0.25, 0.3) is 23.6 Å². The van der Waals surface area contributed by atoms with Crippen molar-refractivity contribution in [2.75, 3.05) is 28.2 Å². The highest BCUT2D eigenvalue weighted by Gasteiger charge is 2.59. The van der Waals surface area contributed by atoms with E-state index in [0.29, 0.717) is 6.42 Å². The molecule has 6 aliphatic heterocycles. The molecule has 57 heavy (non-hydrogen) atoms. The molecular formula is C42H45BrN4O6S4. The van der Waals surface area contributed by atoms with E-state index in [0.717, 1.165) is 33.1 Å². The van der Waals surface area contributed by atoms with E-state index >= 15 is 0 Å². The first-order valence-corrected chi connectivity index (χ1v) is 23.0. The summed E-state index contributed by atoms with van der Waals surface area (Å²) in [6.45, 7) is 0.00712. The molecule has 6 heterocycles. The third kappa shape index (κ3) is 9.24. The molecule has 0 aliphatic carbocycles. The first kappa shape index (κ1) is 43.1. The van der Waals surface area contributed by atoms with E-state index < -0.39 is 21.0 Å². The molecule has 10 rings (SSSR count). The fourth-order valence-electron chi connectivity index (χ4n) is 6.65. The van der Waals surface area contributed by atoms with Crippen LogP contribution in [0.4, 0.5) is 0 Å². The lowest BCUT2D eigenvalue weighted by atomic mass is 10.0. The van der Waals surface area contributed by atoms with Crippen LogP contribution in [0.1, 0.15) is 42.5 Å². The smallest absolute Gasteiger partial charge is 0.260 e. The summed E-state index contributed by atoms with van der Waals surface area (Å²) >= 11 is 9.40. The maximum Gasteiger partial charge on any atom is 0.260 e. The number of hydrogen-bond acceptors (Lipinski definition) is 10. The van der Waals surface area contributed by atoms with Crippen molar-refractivity contribution < 1.29 is 29.4 Å². The van der Waals surface area contributed by atoms with E-state index in [1.54, 1.807) is 59.6 Å². The summed E-state index contributed by atoms with van der Waals surface area (Å²) in [6, 6.07) is 35.5. The van der Waals surface area contributed by atoms with Crippen molar-refractivity contribution in [2.45, 2.75) is 55.1 Å². The van der Waals surface area contributed by atoms with Crippen LogP contribution in [0.15, 0.2) is 109 Å². The molecule has 6 saturated heterocycles. The van der Waals surface area contributed by atoms with Crippen LogP contribution in [0.5, 0.6) is 0 Å². The van der Waals surface area contributed by atoms with Crippen LogP contribution in [-0.2, 0) is 44.1 Å². The normalized spacial score (nSPS) is 25.4. The SMILES string of the molecule is BrCc1ccccc1.CN1C(=O)C2SC(c3ccc(CO)cc3)SC1C(=O)N2C.CN1C(=O)[C@]2(Cc3ccccc3)SC(c3ccc(CO)cc3)SC1C(=O)N2C. The highest BCUT2D eigenvalue weighted by molar-refractivity contribution is 9.08. The molecule has 5 atom stereocenters. The van der Waals surface area contributed by atoms with Crippen LogP contribution in [0.2, 0.25) is 0 Å². The fraction of sp³-hybridized carbons (Fsp3) is 0.333. The first-order chi connectivity index (χ1) is 27.4. The maximum atomic E-state index is 13.4. The number of carbonyl (C=O) groups excluding carboxylic acids is 4. The number of alkyl halides is 1. The first-order valence-electron chi connectivity index (χ1n) is 18.2. The minimum absolute atomic E-state index is 0.00570. The van der Waals surface area contributed by atoms with Crippen molar-refractivity contribution in [2.24, 2.45) is 0 Å². The molecule has 4 amide bonds. The van der Waals surface area contributed by atoms with Crippen LogP contribution in [0.25, 0.3) is 0 Å². The third-order valence-corrected chi connectivity index (χ3v) is 17.4. The quantitative estimate of drug-likeness (QED) is 0.195. The molecular weight excluding hydrogens is 865 g/mol. The second kappa shape index (κ2) is 19.1. The van der Waals surface area contributed by atoms with E-state index in [2.05, 4.69) is 28.1 Å². The van der Waals surface area contributed by atoms with E-state index in [4.69, 9.17) is 5.11 Å². The highest BCUT2D eigenvalue weighted by atomic mass is 79.9. The lowest BCUT2D eigenvalue weighted by Gasteiger charge is -2.46. The summed E-state index contributed by atoms with van der Waals surface area (Å²) in [5, 5.41) is 17.9. The summed E-state index contributed by atoms with van der Waals surface area (Å²) in [5.41, 5.74) is 6.15. The van der Waals surface area contributed by atoms with Crippen molar-refractivity contribution in [3.63, 3.8) is 0 Å². The Balaban J connectivity index is 0.000000166. The number of aliphatic hydroxyl groups is 2. The van der Waals surface area contributed by atoms with Gasteiger partial charge in [-0.1, -0.05) is 125 Å². The highest BCUT2D eigenvalue weighted by Crippen LogP contribution is 2.57. The molecule has 6 aliphatic rings. The molecule has 4 aromatic rings. The molecule has 15 heteroatoms. The van der Waals surface area contributed by atoms with E-state index in [9.17, 15) is 24.3 Å². The molecule has 0 aromatic heterocycles. The number of carbonyl (C=O) groups is 4. The number of aliphatic hydroxyl groups excluding tert-OH is 2. The number of benzene rings is 4. The van der Waals surface area contributed by atoms with Crippen LogP contribution in [0, 0.1) is 0 Å². The topological polar surface area (TPSA) is 122 Å². The minimum atomic E-state index is -0.979. The largest absolute Gasteiger partial charge is 0.392 e. The zero-order valence-electron chi connectivity index (χ0n) is 31.9. The fourth-order valence-corrected chi connectivity index (χ4v) is 13.7. The predicted molar refractivity (Wildman–Crippen MR) is 235 cm³/mol. The summed E-state index contributed by atoms with van der Waals surface area (Å²) in [7, 11) is 6.85. The Hall–Kier alpha value is -3.44. The Labute approximate surface area is 359 Å². The molecule has 4 aromatic carbocycles. The van der Waals surface area contributed by atoms with Gasteiger partial charge in [-0.05, 0) is 33.4 Å². The van der Waals surface area contributed by atoms with Gasteiger partial charge in [0.2, 0.25) is 0 Å². The molecule has 2 N–H and O–H groups in total. The summed E-state index contributed by atoms with van der Waals surface area (Å²) in [6.07, 6.45) is 0.461. The van der Waals surface area contributed by atoms with Gasteiger partial charge in [-0.3, -0.25) is 19.2 Å². The zero-order chi connectivity index (χ0) is 40.9. The van der Waals surface area contributed by atoms with Gasteiger partial charge in [0.05, 0.1) is 22.4 Å². The van der Waals surface area contributed by atoms with Gasteiger partial charge in [0, 0.05) is 39.9 Å². The van der Waals surface area contributed by atoms with Crippen molar-refractivity contribution in [3.05, 3.63) is 143 Å². The molecule has 4 unspecified atom stereocenters. The van der Waals surface area contributed by atoms with E-state index in [1.807, 2.05) is 97.1 Å². The predicted octanol–water partition coefficient (Wildman–Crippen LogP) is 6.67. The number of piperazine rings is 2. The second-order valence-electron chi connectivity index (χ2n) is 13.8. The standard InChI is InChI=1S/C21H22N2O3S2.C14H16N2O3S2.C7H7Br/c1-22-18-17(25)23(2)21(20(22)26,12-14-6-4-3-5-7-14)28-19(27-18)16-10-8-15(13-24)9-11-16;1-15-10(18)13-16(2)11(19)12(15)20-14(21-13)9-5-3-8(7-17)4-6-9;8-6-7-4-2-1-3-5-7/h3-11,18-19,24H,12-13H2,1-2H3;3-6,12-14,17H,7H2,1-2H3;1-5H,6H2/t18?,19?,21-;;/m0../s1. The number of rotatable bonds is 7. The number of halogens is 1. The second-order valence-corrected chi connectivity index (χ2v) is 19.9. The Morgan fingerprint density at radius 3 is 1.40 bits per heavy atom. The molecule has 6 fully saturated rings. The van der Waals surface area contributed by atoms with Crippen molar-refractivity contribution in [1.29, 1.82) is 0 Å². The van der Waals surface area contributed by atoms with Gasteiger partial charge in [-0.25, -0.2) is 0 Å². The number of fused-ring (bicyclic) bond motifs is 8. The maximum absolute atomic E-state index is 13.4. The Morgan fingerprint density at radius 2 is 0.965 bits per heavy atom. The Kier molecular flexibility index (Phi) is 14.4. The van der Waals surface area contributed by atoms with Gasteiger partial charge >= 0.3 is 0 Å². The van der Waals surface area contributed by atoms with E-state index in [1.165, 1.54) is 40.8 Å². The monoisotopic (exact) mass is 908 g/mol. The number of thioether (sulfide) groups is 4. The van der Waals surface area contributed by atoms with Gasteiger partial charge in [0.15, 0.2) is 21.0 Å². The third-order valence-electron chi connectivity index (χ3n) is 10.1. The van der Waals surface area contributed by atoms with Crippen LogP contribution < -0.4 is 0 Å². The molecule has 0 spiro atoms. The van der Waals surface area contributed by atoms with Crippen LogP contribution in [-0.4, -0.2) is 103 Å². The lowest BCUT2D eigenvalue weighted by molar-refractivity contribution is -0.156. The van der Waals surface area contributed by atoms with E-state index in [-0.39, 0.29) is 46.0 Å². The molecule has 10 nitrogen and oxygen atoms in total. The lowest BCUT2D eigenvalue weighted by Crippen LogP contribution is -2.67. The molecule has 0 saturated carbocycles. The Bertz CT molecular complexity index is 2010. The molecule has 300 valence electrons. The van der Waals surface area contributed by atoms with Gasteiger partial charge in [-0.2, -0.15) is 0 Å². The number of likely N-dealkylation sites (N-methyl/N-ethyl adjacent to an activating group) is 4.